The molecule has 2 N–H and O–H groups in total. The molecule has 5 nitrogen and oxygen atoms in total. The van der Waals surface area contributed by atoms with Gasteiger partial charge in [-0.15, -0.1) is 24.0 Å². The number of hydrogen-bond donors (Lipinski definition) is 2. The summed E-state index contributed by atoms with van der Waals surface area (Å²) < 4.78 is 5.41. The van der Waals surface area contributed by atoms with Gasteiger partial charge in [-0.25, -0.2) is 0 Å². The summed E-state index contributed by atoms with van der Waals surface area (Å²) in [6, 6.07) is 0. The molecule has 120 valence electrons. The van der Waals surface area contributed by atoms with Crippen LogP contribution >= 0.6 is 24.0 Å². The minimum absolute atomic E-state index is 0. The smallest absolute Gasteiger partial charge is 0.191 e. The van der Waals surface area contributed by atoms with E-state index in [1.807, 2.05) is 0 Å². The van der Waals surface area contributed by atoms with Gasteiger partial charge in [0.1, 0.15) is 0 Å². The molecule has 0 atom stereocenters. The SMILES string of the molecule is CCCNC(=NCC(C)(C)N1CCOCC1)NCC.I. The van der Waals surface area contributed by atoms with Crippen LogP contribution in [0, 0.1) is 0 Å². The molecule has 1 heterocycles. The third-order valence-corrected chi connectivity index (χ3v) is 3.38. The lowest BCUT2D eigenvalue weighted by Gasteiger charge is -2.39. The van der Waals surface area contributed by atoms with Crippen LogP contribution in [0.15, 0.2) is 4.99 Å². The summed E-state index contributed by atoms with van der Waals surface area (Å²) >= 11 is 0. The average molecular weight is 398 g/mol. The molecule has 0 aliphatic carbocycles. The van der Waals surface area contributed by atoms with Crippen LogP contribution in [0.4, 0.5) is 0 Å². The maximum atomic E-state index is 5.41. The Balaban J connectivity index is 0.00000361. The monoisotopic (exact) mass is 398 g/mol. The summed E-state index contributed by atoms with van der Waals surface area (Å²) in [5, 5.41) is 6.63. The highest BCUT2D eigenvalue weighted by molar-refractivity contribution is 14.0. The van der Waals surface area contributed by atoms with Crippen LogP contribution in [0.2, 0.25) is 0 Å². The van der Waals surface area contributed by atoms with Gasteiger partial charge in [-0.1, -0.05) is 6.92 Å². The first-order valence-electron chi connectivity index (χ1n) is 7.45. The van der Waals surface area contributed by atoms with Gasteiger partial charge < -0.3 is 15.4 Å². The predicted molar refractivity (Wildman–Crippen MR) is 96.2 cm³/mol. The lowest BCUT2D eigenvalue weighted by molar-refractivity contribution is -0.00683. The summed E-state index contributed by atoms with van der Waals surface area (Å²) in [5.41, 5.74) is 0.0817. The second-order valence-electron chi connectivity index (χ2n) is 5.53. The zero-order chi connectivity index (χ0) is 14.1. The number of morpholine rings is 1. The van der Waals surface area contributed by atoms with Crippen molar-refractivity contribution in [1.29, 1.82) is 0 Å². The molecule has 0 saturated carbocycles. The second kappa shape index (κ2) is 10.6. The quantitative estimate of drug-likeness (QED) is 0.406. The molecule has 1 saturated heterocycles. The third-order valence-electron chi connectivity index (χ3n) is 3.38. The maximum Gasteiger partial charge on any atom is 0.191 e. The molecular formula is C14H31IN4O. The average Bonchev–Trinajstić information content (AvgIpc) is 2.43. The van der Waals surface area contributed by atoms with E-state index >= 15 is 0 Å². The standard InChI is InChI=1S/C14H30N4O.HI/c1-5-7-16-13(15-6-2)17-12-14(3,4)18-8-10-19-11-9-18;/h5-12H2,1-4H3,(H2,15,16,17);1H. The van der Waals surface area contributed by atoms with E-state index in [0.717, 1.165) is 58.3 Å². The van der Waals surface area contributed by atoms with E-state index < -0.39 is 0 Å². The fourth-order valence-electron chi connectivity index (χ4n) is 2.13. The van der Waals surface area contributed by atoms with Gasteiger partial charge in [0.15, 0.2) is 5.96 Å². The highest BCUT2D eigenvalue weighted by Gasteiger charge is 2.27. The van der Waals surface area contributed by atoms with E-state index in [0.29, 0.717) is 0 Å². The van der Waals surface area contributed by atoms with Crippen molar-refractivity contribution in [2.45, 2.75) is 39.7 Å². The highest BCUT2D eigenvalue weighted by atomic mass is 127. The predicted octanol–water partition coefficient (Wildman–Crippen LogP) is 1.68. The van der Waals surface area contributed by atoms with E-state index in [2.05, 4.69) is 43.2 Å². The highest BCUT2D eigenvalue weighted by Crippen LogP contribution is 2.16. The summed E-state index contributed by atoms with van der Waals surface area (Å²) in [4.78, 5) is 7.17. The first-order chi connectivity index (χ1) is 9.10. The van der Waals surface area contributed by atoms with Crippen molar-refractivity contribution < 1.29 is 4.74 Å². The maximum absolute atomic E-state index is 5.41. The number of guanidine groups is 1. The Bertz CT molecular complexity index is 278. The molecule has 0 radical (unpaired) electrons. The fraction of sp³-hybridized carbons (Fsp3) is 0.929. The van der Waals surface area contributed by atoms with Gasteiger partial charge in [0.25, 0.3) is 0 Å². The first kappa shape index (κ1) is 19.9. The molecule has 0 unspecified atom stereocenters. The van der Waals surface area contributed by atoms with Gasteiger partial charge in [0, 0.05) is 31.7 Å². The molecule has 0 bridgehead atoms. The molecule has 0 amide bonds. The number of nitrogens with one attached hydrogen (secondary N) is 2. The largest absolute Gasteiger partial charge is 0.379 e. The van der Waals surface area contributed by atoms with Crippen molar-refractivity contribution in [2.75, 3.05) is 45.9 Å². The zero-order valence-electron chi connectivity index (χ0n) is 13.4. The fourth-order valence-corrected chi connectivity index (χ4v) is 2.13. The van der Waals surface area contributed by atoms with Crippen LogP contribution in [-0.2, 0) is 4.74 Å². The summed E-state index contributed by atoms with van der Waals surface area (Å²) in [6.07, 6.45) is 1.11. The second-order valence-corrected chi connectivity index (χ2v) is 5.53. The normalized spacial score (nSPS) is 17.5. The van der Waals surface area contributed by atoms with E-state index in [-0.39, 0.29) is 29.5 Å². The van der Waals surface area contributed by atoms with Gasteiger partial charge in [0.05, 0.1) is 19.8 Å². The van der Waals surface area contributed by atoms with Crippen molar-refractivity contribution in [3.8, 4) is 0 Å². The summed E-state index contributed by atoms with van der Waals surface area (Å²) in [5.74, 6) is 0.922. The van der Waals surface area contributed by atoms with Gasteiger partial charge in [-0.05, 0) is 27.2 Å². The third kappa shape index (κ3) is 7.08. The summed E-state index contributed by atoms with van der Waals surface area (Å²) in [6.45, 7) is 15.1. The Morgan fingerprint density at radius 1 is 1.20 bits per heavy atom. The number of nitrogens with zero attached hydrogens (tertiary/aromatic N) is 2. The number of halogens is 1. The molecule has 0 aromatic carbocycles. The first-order valence-corrected chi connectivity index (χ1v) is 7.45. The lowest BCUT2D eigenvalue weighted by Crippen LogP contribution is -2.52. The topological polar surface area (TPSA) is 48.9 Å². The van der Waals surface area contributed by atoms with Crippen LogP contribution in [0.1, 0.15) is 34.1 Å². The number of rotatable bonds is 6. The molecule has 1 fully saturated rings. The Kier molecular flexibility index (Phi) is 10.6. The molecule has 20 heavy (non-hydrogen) atoms. The van der Waals surface area contributed by atoms with Crippen LogP contribution in [-0.4, -0.2) is 62.3 Å². The molecule has 1 rings (SSSR count). The number of aliphatic imine (C=N–C) groups is 1. The lowest BCUT2D eigenvalue weighted by atomic mass is 10.0. The van der Waals surface area contributed by atoms with Gasteiger partial charge in [-0.3, -0.25) is 9.89 Å². The molecule has 0 spiro atoms. The molecule has 6 heteroatoms. The van der Waals surface area contributed by atoms with Gasteiger partial charge >= 0.3 is 0 Å². The van der Waals surface area contributed by atoms with Gasteiger partial charge in [0.2, 0.25) is 0 Å². The molecule has 1 aliphatic rings. The minimum atomic E-state index is 0. The molecule has 0 aromatic heterocycles. The van der Waals surface area contributed by atoms with Crippen molar-refractivity contribution in [1.82, 2.24) is 15.5 Å². The Morgan fingerprint density at radius 2 is 1.85 bits per heavy atom. The molecule has 0 aromatic rings. The summed E-state index contributed by atoms with van der Waals surface area (Å²) in [7, 11) is 0. The Labute approximate surface area is 140 Å². The molecule has 1 aliphatic heterocycles. The Morgan fingerprint density at radius 3 is 2.40 bits per heavy atom. The van der Waals surface area contributed by atoms with E-state index in [9.17, 15) is 0 Å². The number of hydrogen-bond acceptors (Lipinski definition) is 3. The molecular weight excluding hydrogens is 367 g/mol. The van der Waals surface area contributed by atoms with E-state index in [1.54, 1.807) is 0 Å². The Hall–Kier alpha value is -0.0800. The van der Waals surface area contributed by atoms with E-state index in [4.69, 9.17) is 9.73 Å². The van der Waals surface area contributed by atoms with Crippen LogP contribution in [0.3, 0.4) is 0 Å². The van der Waals surface area contributed by atoms with Crippen LogP contribution in [0.5, 0.6) is 0 Å². The van der Waals surface area contributed by atoms with Crippen LogP contribution < -0.4 is 10.6 Å². The number of ether oxygens (including phenoxy) is 1. The van der Waals surface area contributed by atoms with Crippen molar-refractivity contribution in [3.63, 3.8) is 0 Å². The van der Waals surface area contributed by atoms with Crippen molar-refractivity contribution >= 4 is 29.9 Å². The zero-order valence-corrected chi connectivity index (χ0v) is 15.7. The van der Waals surface area contributed by atoms with E-state index in [1.165, 1.54) is 0 Å². The van der Waals surface area contributed by atoms with Crippen LogP contribution in [0.25, 0.3) is 0 Å². The van der Waals surface area contributed by atoms with Gasteiger partial charge in [-0.2, -0.15) is 0 Å². The van der Waals surface area contributed by atoms with Crippen molar-refractivity contribution in [3.05, 3.63) is 0 Å². The van der Waals surface area contributed by atoms with Crippen molar-refractivity contribution in [2.24, 2.45) is 4.99 Å². The minimum Gasteiger partial charge on any atom is -0.379 e.